The third-order valence-electron chi connectivity index (χ3n) is 17.9. The van der Waals surface area contributed by atoms with Gasteiger partial charge in [0.05, 0.1) is 31.5 Å². The highest BCUT2D eigenvalue weighted by molar-refractivity contribution is 5.26. The van der Waals surface area contributed by atoms with E-state index in [1.54, 1.807) is 0 Å². The zero-order valence-corrected chi connectivity index (χ0v) is 36.7. The first-order valence-electron chi connectivity index (χ1n) is 23.5. The highest BCUT2D eigenvalue weighted by atomic mass is 16.8. The standard InChI is InChI=1S/C45H73NO16/c1-19-8-13-45(46-16-19)20(2)30-27(62-45)15-26-24-7-6-22-14-23(9-11-43(22,4)25(24)10-12-44(26,30)5)57-42-39(61-40-36(54)34(52)31(49)21(3)56-40)38(33(51)29(18-48)59-42)60-41-37(55)35(53)32(50)28(17-47)58-41/h6,19-21,23-42,46-55H,7-18H2,1-5H3/t19-,20?,21?,23?,24?,25?,26?,27?,28?,29?,30?,31?,32?,33?,34?,35?,36?,37?,38?,39?,40?,41?,42?,43?,44?,45?/m1/s1. The lowest BCUT2D eigenvalue weighted by Crippen LogP contribution is -2.67. The van der Waals surface area contributed by atoms with Crippen LogP contribution < -0.4 is 5.32 Å². The molecule has 0 amide bonds. The summed E-state index contributed by atoms with van der Waals surface area (Å²) in [6, 6.07) is 0. The van der Waals surface area contributed by atoms with E-state index in [4.69, 9.17) is 33.2 Å². The van der Waals surface area contributed by atoms with Crippen molar-refractivity contribution in [1.82, 2.24) is 5.32 Å². The fourth-order valence-corrected chi connectivity index (χ4v) is 14.2. The Labute approximate surface area is 364 Å². The molecule has 4 aliphatic carbocycles. The minimum Gasteiger partial charge on any atom is -0.394 e. The Kier molecular flexibility index (Phi) is 12.9. The van der Waals surface area contributed by atoms with Gasteiger partial charge in [0.25, 0.3) is 0 Å². The van der Waals surface area contributed by atoms with Crippen LogP contribution in [0.2, 0.25) is 0 Å². The lowest BCUT2D eigenvalue weighted by atomic mass is 9.47. The van der Waals surface area contributed by atoms with Crippen LogP contribution in [-0.4, -0.2) is 176 Å². The second-order valence-electron chi connectivity index (χ2n) is 21.2. The molecule has 0 aromatic rings. The molecule has 8 fully saturated rings. The normalized spacial score (nSPS) is 57.6. The van der Waals surface area contributed by atoms with E-state index in [-0.39, 0.29) is 22.7 Å². The maximum atomic E-state index is 11.6. The van der Waals surface area contributed by atoms with Crippen molar-refractivity contribution in [3.05, 3.63) is 11.6 Å². The van der Waals surface area contributed by atoms with Crippen LogP contribution in [0.15, 0.2) is 11.6 Å². The Morgan fingerprint density at radius 3 is 2.05 bits per heavy atom. The van der Waals surface area contributed by atoms with E-state index in [1.165, 1.54) is 25.3 Å². The van der Waals surface area contributed by atoms with Crippen LogP contribution in [-0.2, 0) is 33.2 Å². The maximum Gasteiger partial charge on any atom is 0.187 e. The zero-order valence-electron chi connectivity index (χ0n) is 36.7. The number of aliphatic hydroxyl groups is 9. The van der Waals surface area contributed by atoms with Crippen molar-refractivity contribution < 1.29 is 79.1 Å². The SMILES string of the molecule is CC1OC(OC2C(OC3CCC4(C)C(=CCC5C4CCC4(C)C5CC5OC6(CC[C@@H](C)CN6)C(C)C54)C3)OC(CO)C(O)C2OC2OC(CO)C(O)C(O)C2O)C(O)C(O)C1O. The van der Waals surface area contributed by atoms with Gasteiger partial charge in [-0.1, -0.05) is 39.3 Å². The van der Waals surface area contributed by atoms with E-state index < -0.39 is 111 Å². The first-order valence-corrected chi connectivity index (χ1v) is 23.5. The summed E-state index contributed by atoms with van der Waals surface area (Å²) in [5.41, 5.74) is 1.32. The van der Waals surface area contributed by atoms with Crippen molar-refractivity contribution in [1.29, 1.82) is 0 Å². The number of ether oxygens (including phenoxy) is 7. The van der Waals surface area contributed by atoms with Crippen LogP contribution in [0.1, 0.15) is 92.4 Å². The number of hydrogen-bond donors (Lipinski definition) is 10. The summed E-state index contributed by atoms with van der Waals surface area (Å²) in [6.07, 6.45) is -11.9. The molecule has 17 heteroatoms. The topological polar surface area (TPSA) is 259 Å². The third kappa shape index (κ3) is 7.49. The monoisotopic (exact) mass is 883 g/mol. The summed E-state index contributed by atoms with van der Waals surface area (Å²) in [5, 5.41) is 99.7. The van der Waals surface area contributed by atoms with Gasteiger partial charge in [-0.25, -0.2) is 0 Å². The molecule has 5 aliphatic heterocycles. The van der Waals surface area contributed by atoms with Gasteiger partial charge in [0.2, 0.25) is 0 Å². The van der Waals surface area contributed by atoms with Gasteiger partial charge in [-0.15, -0.1) is 0 Å². The van der Waals surface area contributed by atoms with Crippen molar-refractivity contribution in [2.45, 2.75) is 202 Å². The summed E-state index contributed by atoms with van der Waals surface area (Å²) in [7, 11) is 0. The highest BCUT2D eigenvalue weighted by Gasteiger charge is 2.68. The van der Waals surface area contributed by atoms with Gasteiger partial charge < -0.3 is 79.1 Å². The average molecular weight is 884 g/mol. The number of piperidine rings is 1. The number of fused-ring (bicyclic) bond motifs is 7. The molecule has 5 saturated heterocycles. The number of rotatable bonds is 8. The largest absolute Gasteiger partial charge is 0.394 e. The molecule has 0 aromatic carbocycles. The van der Waals surface area contributed by atoms with Crippen LogP contribution in [0.3, 0.4) is 0 Å². The number of hydrogen-bond acceptors (Lipinski definition) is 17. The van der Waals surface area contributed by atoms with Gasteiger partial charge in [0.15, 0.2) is 18.9 Å². The van der Waals surface area contributed by atoms with Gasteiger partial charge in [0.1, 0.15) is 72.9 Å². The molecule has 25 unspecified atom stereocenters. The smallest absolute Gasteiger partial charge is 0.187 e. The second-order valence-corrected chi connectivity index (χ2v) is 21.2. The zero-order chi connectivity index (χ0) is 44.2. The molecule has 1 spiro atoms. The molecule has 0 bridgehead atoms. The van der Waals surface area contributed by atoms with Crippen molar-refractivity contribution in [3.8, 4) is 0 Å². The highest BCUT2D eigenvalue weighted by Crippen LogP contribution is 2.70. The van der Waals surface area contributed by atoms with Crippen molar-refractivity contribution >= 4 is 0 Å². The lowest BCUT2D eigenvalue weighted by molar-refractivity contribution is -0.394. The minimum absolute atomic E-state index is 0.0361. The molecular formula is C45H73NO16. The Morgan fingerprint density at radius 2 is 1.35 bits per heavy atom. The van der Waals surface area contributed by atoms with Gasteiger partial charge in [-0.2, -0.15) is 0 Å². The van der Waals surface area contributed by atoms with Gasteiger partial charge in [-0.3, -0.25) is 5.32 Å². The first-order chi connectivity index (χ1) is 29.4. The Balaban J connectivity index is 0.940. The maximum absolute atomic E-state index is 11.6. The van der Waals surface area contributed by atoms with Crippen molar-refractivity contribution in [3.63, 3.8) is 0 Å². The third-order valence-corrected chi connectivity index (χ3v) is 17.9. The van der Waals surface area contributed by atoms with Crippen LogP contribution >= 0.6 is 0 Å². The number of allylic oxidation sites excluding steroid dienone is 1. The first kappa shape index (κ1) is 46.2. The molecule has 354 valence electrons. The molecule has 0 radical (unpaired) electrons. The quantitative estimate of drug-likeness (QED) is 0.142. The molecule has 0 aromatic heterocycles. The Bertz CT molecular complexity index is 1610. The molecule has 5 heterocycles. The van der Waals surface area contributed by atoms with E-state index >= 15 is 0 Å². The summed E-state index contributed by atoms with van der Waals surface area (Å²) < 4.78 is 43.9. The van der Waals surface area contributed by atoms with E-state index in [0.717, 1.165) is 38.6 Å². The predicted molar refractivity (Wildman–Crippen MR) is 216 cm³/mol. The molecule has 26 atom stereocenters. The molecule has 9 rings (SSSR count). The van der Waals surface area contributed by atoms with Crippen LogP contribution in [0.25, 0.3) is 0 Å². The molecule has 62 heavy (non-hydrogen) atoms. The summed E-state index contributed by atoms with van der Waals surface area (Å²) in [5.74, 6) is 3.32. The van der Waals surface area contributed by atoms with E-state index in [0.29, 0.717) is 48.3 Å². The predicted octanol–water partition coefficient (Wildman–Crippen LogP) is -0.213. The molecule has 10 N–H and O–H groups in total. The summed E-state index contributed by atoms with van der Waals surface area (Å²) in [4.78, 5) is 0. The minimum atomic E-state index is -1.84. The van der Waals surface area contributed by atoms with E-state index in [2.05, 4.69) is 39.1 Å². The van der Waals surface area contributed by atoms with Crippen molar-refractivity contribution in [2.75, 3.05) is 19.8 Å². The molecule has 3 saturated carbocycles. The molecule has 17 nitrogen and oxygen atoms in total. The fraction of sp³-hybridized carbons (Fsp3) is 0.956. The average Bonchev–Trinajstić information content (AvgIpc) is 3.70. The Morgan fingerprint density at radius 1 is 0.694 bits per heavy atom. The van der Waals surface area contributed by atoms with Gasteiger partial charge in [-0.05, 0) is 105 Å². The summed E-state index contributed by atoms with van der Waals surface area (Å²) >= 11 is 0. The van der Waals surface area contributed by atoms with Gasteiger partial charge >= 0.3 is 0 Å². The molecule has 9 aliphatic rings. The second kappa shape index (κ2) is 17.3. The van der Waals surface area contributed by atoms with Crippen LogP contribution in [0.4, 0.5) is 0 Å². The van der Waals surface area contributed by atoms with E-state index in [9.17, 15) is 46.0 Å². The summed E-state index contributed by atoms with van der Waals surface area (Å²) in [6.45, 7) is 10.8. The number of nitrogens with one attached hydrogen (secondary N) is 1. The van der Waals surface area contributed by atoms with Crippen LogP contribution in [0, 0.1) is 46.3 Å². The van der Waals surface area contributed by atoms with Gasteiger partial charge in [0, 0.05) is 12.5 Å². The number of aliphatic hydroxyl groups excluding tert-OH is 9. The Hall–Kier alpha value is -0.940. The van der Waals surface area contributed by atoms with Crippen LogP contribution in [0.5, 0.6) is 0 Å². The fourth-order valence-electron chi connectivity index (χ4n) is 14.2. The van der Waals surface area contributed by atoms with Crippen molar-refractivity contribution in [2.24, 2.45) is 46.3 Å². The lowest BCUT2D eigenvalue weighted by Gasteiger charge is -2.59. The molecular weight excluding hydrogens is 810 g/mol. The van der Waals surface area contributed by atoms with E-state index in [1.807, 2.05) is 0 Å².